The van der Waals surface area contributed by atoms with E-state index in [2.05, 4.69) is 117 Å². The van der Waals surface area contributed by atoms with Crippen LogP contribution in [0.3, 0.4) is 0 Å². The number of fused-ring (bicyclic) bond motifs is 1. The van der Waals surface area contributed by atoms with Crippen molar-refractivity contribution < 1.29 is 9.31 Å². The van der Waals surface area contributed by atoms with Crippen LogP contribution in [0, 0.1) is 0 Å². The molecule has 3 aromatic carbocycles. The Hall–Kier alpha value is -3.91. The molecule has 0 bridgehead atoms. The zero-order valence-corrected chi connectivity index (χ0v) is 19.3. The Morgan fingerprint density at radius 2 is 1.39 bits per heavy atom. The average Bonchev–Trinajstić information content (AvgIpc) is 3.05. The lowest BCUT2D eigenvalue weighted by Crippen LogP contribution is -2.26. The molecule has 5 rings (SSSR count). The summed E-state index contributed by atoms with van der Waals surface area (Å²) in [7, 11) is 2.14. The monoisotopic (exact) mass is 430 g/mol. The Morgan fingerprint density at radius 3 is 2.09 bits per heavy atom. The molecule has 0 unspecified atom stereocenters. The first-order valence-corrected chi connectivity index (χ1v) is 11.4. The van der Waals surface area contributed by atoms with Crippen LogP contribution in [0.25, 0.3) is 11.3 Å². The van der Waals surface area contributed by atoms with Gasteiger partial charge in [0.05, 0.1) is 5.41 Å². The average molecular weight is 431 g/mol. The van der Waals surface area contributed by atoms with Gasteiger partial charge in [0.15, 0.2) is 5.71 Å². The summed E-state index contributed by atoms with van der Waals surface area (Å²) >= 11 is 0. The van der Waals surface area contributed by atoms with Crippen molar-refractivity contribution in [2.45, 2.75) is 19.3 Å². The van der Waals surface area contributed by atoms with Crippen LogP contribution < -0.4 is 0 Å². The van der Waals surface area contributed by atoms with Gasteiger partial charge in [-0.15, -0.1) is 0 Å². The summed E-state index contributed by atoms with van der Waals surface area (Å²) in [6, 6.07) is 29.3. The number of hydrogen-bond acceptors (Lipinski definition) is 1. The molecule has 0 saturated carbocycles. The maximum atomic E-state index is 6.30. The molecule has 33 heavy (non-hydrogen) atoms. The molecule has 2 heteroatoms. The predicted molar refractivity (Wildman–Crippen MR) is 137 cm³/mol. The van der Waals surface area contributed by atoms with E-state index < -0.39 is 0 Å². The highest BCUT2D eigenvalue weighted by Gasteiger charge is 2.42. The van der Waals surface area contributed by atoms with Crippen LogP contribution in [0.2, 0.25) is 0 Å². The number of allylic oxidation sites excluding steroid dienone is 6. The quantitative estimate of drug-likeness (QED) is 0.396. The molecule has 0 amide bonds. The third kappa shape index (κ3) is 4.01. The highest BCUT2D eigenvalue weighted by atomic mass is 16.5. The lowest BCUT2D eigenvalue weighted by atomic mass is 9.81. The fourth-order valence-corrected chi connectivity index (χ4v) is 4.68. The number of para-hydroxylation sites is 1. The number of rotatable bonds is 4. The van der Waals surface area contributed by atoms with E-state index in [1.54, 1.807) is 0 Å². The molecule has 0 saturated heterocycles. The number of hydrogen-bond donors (Lipinski definition) is 0. The molecular formula is C31H28NO+. The normalized spacial score (nSPS) is 18.2. The first-order valence-electron chi connectivity index (χ1n) is 11.4. The van der Waals surface area contributed by atoms with Crippen molar-refractivity contribution in [3.63, 3.8) is 0 Å². The van der Waals surface area contributed by atoms with Crippen molar-refractivity contribution in [2.24, 2.45) is 0 Å². The van der Waals surface area contributed by atoms with E-state index in [-0.39, 0.29) is 5.41 Å². The van der Waals surface area contributed by atoms with Gasteiger partial charge in [0, 0.05) is 23.3 Å². The van der Waals surface area contributed by atoms with Gasteiger partial charge in [-0.25, -0.2) is 0 Å². The fraction of sp³-hybridized carbons (Fsp3) is 0.129. The molecule has 2 heterocycles. The van der Waals surface area contributed by atoms with E-state index in [0.29, 0.717) is 0 Å². The third-order valence-electron chi connectivity index (χ3n) is 6.43. The summed E-state index contributed by atoms with van der Waals surface area (Å²) in [5, 5.41) is 0. The van der Waals surface area contributed by atoms with Gasteiger partial charge in [0.1, 0.15) is 18.6 Å². The SMILES string of the molecule is C[N+]1=C(/C=C\C=C2\C=C(c3ccccc3)C=C(c3ccccc3)O2)C(C)(C)c2ccccc21. The molecule has 0 radical (unpaired) electrons. The van der Waals surface area contributed by atoms with Gasteiger partial charge in [-0.3, -0.25) is 0 Å². The highest BCUT2D eigenvalue weighted by molar-refractivity contribution is 6.03. The number of benzene rings is 3. The van der Waals surface area contributed by atoms with Crippen molar-refractivity contribution in [1.82, 2.24) is 0 Å². The highest BCUT2D eigenvalue weighted by Crippen LogP contribution is 2.39. The molecule has 0 fully saturated rings. The zero-order chi connectivity index (χ0) is 22.8. The van der Waals surface area contributed by atoms with Gasteiger partial charge in [-0.1, -0.05) is 84.9 Å². The molecule has 0 aromatic heterocycles. The second kappa shape index (κ2) is 8.55. The van der Waals surface area contributed by atoms with Crippen molar-refractivity contribution in [3.8, 4) is 0 Å². The smallest absolute Gasteiger partial charge is 0.209 e. The van der Waals surface area contributed by atoms with Crippen LogP contribution in [-0.2, 0) is 10.2 Å². The Balaban J connectivity index is 1.49. The largest absolute Gasteiger partial charge is 0.457 e. The topological polar surface area (TPSA) is 12.2 Å². The Morgan fingerprint density at radius 1 is 0.758 bits per heavy atom. The van der Waals surface area contributed by atoms with E-state index in [1.807, 2.05) is 24.3 Å². The second-order valence-electron chi connectivity index (χ2n) is 8.96. The minimum Gasteiger partial charge on any atom is -0.457 e. The zero-order valence-electron chi connectivity index (χ0n) is 19.3. The Labute approximate surface area is 196 Å². The molecule has 162 valence electrons. The Kier molecular flexibility index (Phi) is 5.43. The number of ether oxygens (including phenoxy) is 1. The fourth-order valence-electron chi connectivity index (χ4n) is 4.68. The van der Waals surface area contributed by atoms with Crippen LogP contribution in [0.4, 0.5) is 5.69 Å². The summed E-state index contributed by atoms with van der Waals surface area (Å²) < 4.78 is 8.59. The van der Waals surface area contributed by atoms with Crippen molar-refractivity contribution in [1.29, 1.82) is 0 Å². The summed E-state index contributed by atoms with van der Waals surface area (Å²) in [5.74, 6) is 1.68. The van der Waals surface area contributed by atoms with Crippen LogP contribution in [-0.4, -0.2) is 17.3 Å². The Bertz CT molecular complexity index is 1340. The first-order chi connectivity index (χ1) is 16.0. The molecule has 0 aliphatic carbocycles. The van der Waals surface area contributed by atoms with Gasteiger partial charge >= 0.3 is 0 Å². The molecule has 2 nitrogen and oxygen atoms in total. The van der Waals surface area contributed by atoms with Crippen molar-refractivity contribution in [2.75, 3.05) is 7.05 Å². The second-order valence-corrected chi connectivity index (χ2v) is 8.96. The molecule has 0 spiro atoms. The van der Waals surface area contributed by atoms with Gasteiger partial charge in [-0.05, 0) is 43.2 Å². The van der Waals surface area contributed by atoms with Crippen molar-refractivity contribution >= 4 is 22.7 Å². The predicted octanol–water partition coefficient (Wildman–Crippen LogP) is 7.29. The summed E-state index contributed by atoms with van der Waals surface area (Å²) in [6.45, 7) is 4.56. The molecule has 3 aromatic rings. The van der Waals surface area contributed by atoms with E-state index in [4.69, 9.17) is 4.74 Å². The van der Waals surface area contributed by atoms with Gasteiger partial charge in [0.2, 0.25) is 5.69 Å². The lowest BCUT2D eigenvalue weighted by Gasteiger charge is -2.18. The van der Waals surface area contributed by atoms with Crippen molar-refractivity contribution in [3.05, 3.63) is 138 Å². The van der Waals surface area contributed by atoms with Gasteiger partial charge < -0.3 is 4.74 Å². The summed E-state index contributed by atoms with van der Waals surface area (Å²) in [4.78, 5) is 0. The molecule has 2 aliphatic heterocycles. The lowest BCUT2D eigenvalue weighted by molar-refractivity contribution is -0.401. The standard InChI is InChI=1S/C31H28NO/c1-31(2)27-18-10-11-19-28(27)32(3)30(31)20-12-17-26-21-25(23-13-6-4-7-14-23)22-29(33-26)24-15-8-5-9-16-24/h4-22H,1-3H3/q+1/b20-12-,26-17-. The first kappa shape index (κ1) is 21.0. The van der Waals surface area contributed by atoms with Crippen LogP contribution in [0.15, 0.2) is 121 Å². The van der Waals surface area contributed by atoms with Crippen LogP contribution in [0.5, 0.6) is 0 Å². The number of nitrogens with zero attached hydrogens (tertiary/aromatic N) is 1. The van der Waals surface area contributed by atoms with Gasteiger partial charge in [0.25, 0.3) is 0 Å². The maximum absolute atomic E-state index is 6.30. The molecular weight excluding hydrogens is 402 g/mol. The third-order valence-corrected chi connectivity index (χ3v) is 6.43. The van der Waals surface area contributed by atoms with Gasteiger partial charge in [-0.2, -0.15) is 4.58 Å². The van der Waals surface area contributed by atoms with Crippen LogP contribution in [0.1, 0.15) is 30.5 Å². The van der Waals surface area contributed by atoms with E-state index >= 15 is 0 Å². The van der Waals surface area contributed by atoms with E-state index in [1.165, 1.54) is 22.5 Å². The minimum absolute atomic E-state index is 0.0477. The van der Waals surface area contributed by atoms with Crippen LogP contribution >= 0.6 is 0 Å². The van der Waals surface area contributed by atoms with E-state index in [9.17, 15) is 0 Å². The minimum atomic E-state index is -0.0477. The molecule has 0 atom stereocenters. The van der Waals surface area contributed by atoms with E-state index in [0.717, 1.165) is 22.7 Å². The maximum Gasteiger partial charge on any atom is 0.209 e. The molecule has 0 N–H and O–H groups in total. The molecule has 2 aliphatic rings. The summed E-state index contributed by atoms with van der Waals surface area (Å²) in [6.07, 6.45) is 10.6. The summed E-state index contributed by atoms with van der Waals surface area (Å²) in [5.41, 5.74) is 7.22.